The van der Waals surface area contributed by atoms with Crippen LogP contribution in [0.25, 0.3) is 0 Å². The van der Waals surface area contributed by atoms with Crippen LogP contribution in [-0.4, -0.2) is 69.3 Å². The van der Waals surface area contributed by atoms with Gasteiger partial charge in [-0.1, -0.05) is 0 Å². The molecule has 2 aliphatic rings. The largest absolute Gasteiger partial charge is 0.357 e. The highest BCUT2D eigenvalue weighted by Gasteiger charge is 2.32. The topological polar surface area (TPSA) is 85.8 Å². The van der Waals surface area contributed by atoms with E-state index in [1.807, 2.05) is 20.8 Å². The molecule has 1 saturated carbocycles. The van der Waals surface area contributed by atoms with Gasteiger partial charge < -0.3 is 15.5 Å². The van der Waals surface area contributed by atoms with E-state index in [9.17, 15) is 8.42 Å². The Kier molecular flexibility index (Phi) is 6.50. The van der Waals surface area contributed by atoms with Crippen LogP contribution in [-0.2, 0) is 10.0 Å². The summed E-state index contributed by atoms with van der Waals surface area (Å²) in [7, 11) is -3.24. The molecule has 1 aliphatic heterocycles. The minimum atomic E-state index is -3.24. The fraction of sp³-hybridized carbons (Fsp3) is 0.938. The molecule has 0 atom stereocenters. The first kappa shape index (κ1) is 19.5. The van der Waals surface area contributed by atoms with Crippen molar-refractivity contribution in [2.75, 3.05) is 32.4 Å². The van der Waals surface area contributed by atoms with E-state index in [0.717, 1.165) is 44.5 Å². The van der Waals surface area contributed by atoms with E-state index in [1.54, 1.807) is 0 Å². The smallest absolute Gasteiger partial charge is 0.209 e. The lowest BCUT2D eigenvalue weighted by atomic mass is 10.1. The van der Waals surface area contributed by atoms with E-state index in [-0.39, 0.29) is 0 Å². The van der Waals surface area contributed by atoms with Crippen molar-refractivity contribution in [3.8, 4) is 0 Å². The molecule has 0 aromatic heterocycles. The predicted octanol–water partition coefficient (Wildman–Crippen LogP) is 0.496. The van der Waals surface area contributed by atoms with Gasteiger partial charge in [0.2, 0.25) is 10.0 Å². The fourth-order valence-electron chi connectivity index (χ4n) is 3.17. The molecule has 24 heavy (non-hydrogen) atoms. The first-order chi connectivity index (χ1) is 11.2. The lowest BCUT2D eigenvalue weighted by Crippen LogP contribution is -2.50. The van der Waals surface area contributed by atoms with Gasteiger partial charge in [0.25, 0.3) is 0 Å². The number of hydrogen-bond donors (Lipinski definition) is 3. The molecule has 1 aliphatic carbocycles. The zero-order valence-electron chi connectivity index (χ0n) is 15.4. The molecule has 2 fully saturated rings. The molecule has 1 heterocycles. The molecule has 0 aromatic carbocycles. The Labute approximate surface area is 146 Å². The number of hydrogen-bond acceptors (Lipinski definition) is 4. The SMILES string of the molecule is CCNC(=NCC(C)(C)NS(C)(=O)=O)NC1CCN(C2CC2)CC1. The summed E-state index contributed by atoms with van der Waals surface area (Å²) in [5.41, 5.74) is -0.606. The molecule has 7 nitrogen and oxygen atoms in total. The van der Waals surface area contributed by atoms with Gasteiger partial charge >= 0.3 is 0 Å². The molecule has 0 spiro atoms. The molecular weight excluding hydrogens is 326 g/mol. The molecule has 0 amide bonds. The second-order valence-corrected chi connectivity index (χ2v) is 9.39. The van der Waals surface area contributed by atoms with Gasteiger partial charge in [0.05, 0.1) is 12.8 Å². The maximum atomic E-state index is 11.4. The molecule has 3 N–H and O–H groups in total. The van der Waals surface area contributed by atoms with Crippen molar-refractivity contribution >= 4 is 16.0 Å². The summed E-state index contributed by atoms with van der Waals surface area (Å²) >= 11 is 0. The number of aliphatic imine (C=N–C) groups is 1. The molecule has 0 bridgehead atoms. The third-order valence-electron chi connectivity index (χ3n) is 4.37. The minimum absolute atomic E-state index is 0.385. The maximum absolute atomic E-state index is 11.4. The van der Waals surface area contributed by atoms with Crippen molar-refractivity contribution in [1.29, 1.82) is 0 Å². The van der Waals surface area contributed by atoms with Crippen LogP contribution in [0.1, 0.15) is 46.5 Å². The molecule has 0 radical (unpaired) electrons. The summed E-state index contributed by atoms with van der Waals surface area (Å²) in [5, 5.41) is 6.77. The van der Waals surface area contributed by atoms with E-state index < -0.39 is 15.6 Å². The fourth-order valence-corrected chi connectivity index (χ4v) is 4.24. The average molecular weight is 360 g/mol. The van der Waals surface area contributed by atoms with Crippen LogP contribution in [0.2, 0.25) is 0 Å². The van der Waals surface area contributed by atoms with Gasteiger partial charge in [-0.15, -0.1) is 0 Å². The molecule has 8 heteroatoms. The van der Waals surface area contributed by atoms with E-state index >= 15 is 0 Å². The Morgan fingerprint density at radius 3 is 2.33 bits per heavy atom. The Morgan fingerprint density at radius 1 is 1.21 bits per heavy atom. The summed E-state index contributed by atoms with van der Waals surface area (Å²) in [6.45, 7) is 9.20. The molecule has 0 unspecified atom stereocenters. The van der Waals surface area contributed by atoms with E-state index in [4.69, 9.17) is 0 Å². The van der Waals surface area contributed by atoms with E-state index in [1.165, 1.54) is 19.1 Å². The van der Waals surface area contributed by atoms with E-state index in [0.29, 0.717) is 12.6 Å². The van der Waals surface area contributed by atoms with Gasteiger partial charge in [0.15, 0.2) is 5.96 Å². The van der Waals surface area contributed by atoms with Crippen molar-refractivity contribution in [1.82, 2.24) is 20.3 Å². The van der Waals surface area contributed by atoms with Crippen molar-refractivity contribution in [2.45, 2.75) is 64.1 Å². The lowest BCUT2D eigenvalue weighted by molar-refractivity contribution is 0.197. The zero-order chi connectivity index (χ0) is 17.8. The van der Waals surface area contributed by atoms with E-state index in [2.05, 4.69) is 25.2 Å². The Balaban J connectivity index is 1.86. The van der Waals surface area contributed by atoms with Gasteiger partial charge in [-0.2, -0.15) is 0 Å². The molecule has 140 valence electrons. The van der Waals surface area contributed by atoms with Crippen LogP contribution < -0.4 is 15.4 Å². The Hall–Kier alpha value is -0.860. The zero-order valence-corrected chi connectivity index (χ0v) is 16.2. The summed E-state index contributed by atoms with van der Waals surface area (Å²) in [5.74, 6) is 0.769. The van der Waals surface area contributed by atoms with Crippen LogP contribution in [0.3, 0.4) is 0 Å². The molecular formula is C16H33N5O2S. The summed E-state index contributed by atoms with van der Waals surface area (Å²) in [4.78, 5) is 7.18. The molecule has 0 aromatic rings. The minimum Gasteiger partial charge on any atom is -0.357 e. The highest BCUT2D eigenvalue weighted by Crippen LogP contribution is 2.29. The highest BCUT2D eigenvalue weighted by molar-refractivity contribution is 7.88. The van der Waals surface area contributed by atoms with Crippen LogP contribution in [0, 0.1) is 0 Å². The number of nitrogens with one attached hydrogen (secondary N) is 3. The van der Waals surface area contributed by atoms with Gasteiger partial charge in [0, 0.05) is 37.3 Å². The van der Waals surface area contributed by atoms with Gasteiger partial charge in [0.1, 0.15) is 0 Å². The number of likely N-dealkylation sites (tertiary alicyclic amines) is 1. The lowest BCUT2D eigenvalue weighted by Gasteiger charge is -2.33. The van der Waals surface area contributed by atoms with Crippen molar-refractivity contribution in [3.63, 3.8) is 0 Å². The third-order valence-corrected chi connectivity index (χ3v) is 5.30. The highest BCUT2D eigenvalue weighted by atomic mass is 32.2. The number of rotatable bonds is 7. The number of nitrogens with zero attached hydrogens (tertiary/aromatic N) is 2. The Morgan fingerprint density at radius 2 is 1.83 bits per heavy atom. The first-order valence-corrected chi connectivity index (χ1v) is 10.9. The monoisotopic (exact) mass is 359 g/mol. The van der Waals surface area contributed by atoms with Crippen LogP contribution in [0.4, 0.5) is 0 Å². The van der Waals surface area contributed by atoms with Gasteiger partial charge in [-0.3, -0.25) is 4.99 Å². The summed E-state index contributed by atoms with van der Waals surface area (Å²) < 4.78 is 25.5. The summed E-state index contributed by atoms with van der Waals surface area (Å²) in [6, 6.07) is 1.28. The predicted molar refractivity (Wildman–Crippen MR) is 98.8 cm³/mol. The molecule has 1 saturated heterocycles. The Bertz CT molecular complexity index is 535. The number of piperidine rings is 1. The third kappa shape index (κ3) is 6.94. The van der Waals surface area contributed by atoms with Crippen LogP contribution in [0.15, 0.2) is 4.99 Å². The van der Waals surface area contributed by atoms with Crippen molar-refractivity contribution in [3.05, 3.63) is 0 Å². The summed E-state index contributed by atoms with van der Waals surface area (Å²) in [6.07, 6.45) is 6.17. The average Bonchev–Trinajstić information content (AvgIpc) is 3.28. The second kappa shape index (κ2) is 8.01. The number of guanidine groups is 1. The quantitative estimate of drug-likeness (QED) is 0.455. The van der Waals surface area contributed by atoms with Crippen LogP contribution >= 0.6 is 0 Å². The van der Waals surface area contributed by atoms with Crippen molar-refractivity contribution < 1.29 is 8.42 Å². The van der Waals surface area contributed by atoms with Crippen molar-refractivity contribution in [2.24, 2.45) is 4.99 Å². The second-order valence-electron chi connectivity index (χ2n) is 7.64. The van der Waals surface area contributed by atoms with Gasteiger partial charge in [-0.25, -0.2) is 13.1 Å². The van der Waals surface area contributed by atoms with Gasteiger partial charge in [-0.05, 0) is 46.5 Å². The normalized spacial score (nSPS) is 21.8. The van der Waals surface area contributed by atoms with Crippen LogP contribution in [0.5, 0.6) is 0 Å². The standard InChI is InChI=1S/C16H33N5O2S/c1-5-17-15(18-12-16(2,3)20-24(4,22)23)19-13-8-10-21(11-9-13)14-6-7-14/h13-14,20H,5-12H2,1-4H3,(H2,17,18,19). The molecule has 2 rings (SSSR count). The number of sulfonamides is 1. The first-order valence-electron chi connectivity index (χ1n) is 8.96. The maximum Gasteiger partial charge on any atom is 0.209 e.